The average molecular weight is 357 g/mol. The van der Waals surface area contributed by atoms with Crippen molar-refractivity contribution in [2.24, 2.45) is 16.7 Å². The van der Waals surface area contributed by atoms with Crippen LogP contribution < -0.4 is 5.46 Å². The minimum Gasteiger partial charge on any atom is -0.328 e. The molecule has 0 aliphatic heterocycles. The summed E-state index contributed by atoms with van der Waals surface area (Å²) >= 11 is 0. The highest BCUT2D eigenvalue weighted by atomic mass is 19.1. The van der Waals surface area contributed by atoms with Crippen molar-refractivity contribution in [1.82, 2.24) is 9.55 Å². The Hall–Kier alpha value is -1.32. The molecule has 0 saturated heterocycles. The Morgan fingerprint density at radius 1 is 1.12 bits per heavy atom. The molecular weight excluding hydrogens is 322 g/mol. The van der Waals surface area contributed by atoms with E-state index < -0.39 is 0 Å². The van der Waals surface area contributed by atoms with Crippen molar-refractivity contribution in [3.8, 4) is 0 Å². The normalized spacial score (nSPS) is 13.0. The van der Waals surface area contributed by atoms with Crippen molar-refractivity contribution in [2.75, 3.05) is 0 Å². The SMILES string of the molecule is CCC(CC)Cn1c(C)nc2cc(F)cc([B]CC(C)(C)C(C)(C)C)c21. The third kappa shape index (κ3) is 4.32. The molecule has 2 aromatic rings. The van der Waals surface area contributed by atoms with Crippen LogP contribution in [0.2, 0.25) is 6.32 Å². The molecule has 2 nitrogen and oxygen atoms in total. The standard InChI is InChI=1S/C22H35BFN2/c1-9-16(10-2)13-26-15(3)25-19-12-17(24)11-18(20(19)26)23-14-22(7,8)21(4,5)6/h11-12,16H,9-10,13-14H2,1-8H3. The van der Waals surface area contributed by atoms with Crippen LogP contribution in [-0.2, 0) is 6.54 Å². The number of hydrogen-bond acceptors (Lipinski definition) is 1. The fraction of sp³-hybridized carbons (Fsp3) is 0.682. The Balaban J connectivity index is 2.45. The first-order valence-electron chi connectivity index (χ1n) is 9.99. The molecule has 4 heteroatoms. The number of halogens is 1. The number of imidazole rings is 1. The van der Waals surface area contributed by atoms with E-state index in [1.54, 1.807) is 12.1 Å². The average Bonchev–Trinajstić information content (AvgIpc) is 2.84. The predicted molar refractivity (Wildman–Crippen MR) is 112 cm³/mol. The largest absolute Gasteiger partial charge is 0.328 e. The zero-order valence-electron chi connectivity index (χ0n) is 17.9. The summed E-state index contributed by atoms with van der Waals surface area (Å²) in [4.78, 5) is 4.65. The van der Waals surface area contributed by atoms with Gasteiger partial charge in [-0.25, -0.2) is 9.37 Å². The van der Waals surface area contributed by atoms with Gasteiger partial charge in [-0.05, 0) is 29.7 Å². The van der Waals surface area contributed by atoms with E-state index in [-0.39, 0.29) is 16.6 Å². The van der Waals surface area contributed by atoms with Gasteiger partial charge in [-0.15, -0.1) is 0 Å². The maximum absolute atomic E-state index is 14.2. The molecule has 0 N–H and O–H groups in total. The van der Waals surface area contributed by atoms with Crippen LogP contribution in [-0.4, -0.2) is 16.8 Å². The Labute approximate surface area is 159 Å². The molecule has 1 aromatic carbocycles. The molecule has 0 fully saturated rings. The third-order valence-electron chi connectivity index (χ3n) is 6.48. The molecule has 0 bridgehead atoms. The van der Waals surface area contributed by atoms with E-state index in [1.807, 2.05) is 6.92 Å². The molecular formula is C22H35BFN2. The molecule has 2 rings (SSSR count). The molecule has 0 aliphatic carbocycles. The van der Waals surface area contributed by atoms with E-state index in [9.17, 15) is 4.39 Å². The maximum atomic E-state index is 14.2. The lowest BCUT2D eigenvalue weighted by molar-refractivity contribution is 0.157. The smallest absolute Gasteiger partial charge is 0.155 e. The zero-order valence-corrected chi connectivity index (χ0v) is 17.9. The van der Waals surface area contributed by atoms with Gasteiger partial charge in [-0.3, -0.25) is 0 Å². The van der Waals surface area contributed by atoms with Gasteiger partial charge in [0.2, 0.25) is 0 Å². The maximum Gasteiger partial charge on any atom is 0.155 e. The van der Waals surface area contributed by atoms with Gasteiger partial charge in [-0.2, -0.15) is 0 Å². The van der Waals surface area contributed by atoms with Gasteiger partial charge in [0, 0.05) is 12.6 Å². The molecule has 0 spiro atoms. The summed E-state index contributed by atoms with van der Waals surface area (Å²) in [7, 11) is 2.21. The third-order valence-corrected chi connectivity index (χ3v) is 6.48. The zero-order chi connectivity index (χ0) is 19.7. The number of aromatic nitrogens is 2. The van der Waals surface area contributed by atoms with Crippen LogP contribution in [0.5, 0.6) is 0 Å². The van der Waals surface area contributed by atoms with Crippen molar-refractivity contribution in [2.45, 2.75) is 81.1 Å². The highest BCUT2D eigenvalue weighted by Gasteiger charge is 2.32. The van der Waals surface area contributed by atoms with Gasteiger partial charge in [0.25, 0.3) is 0 Å². The van der Waals surface area contributed by atoms with E-state index >= 15 is 0 Å². The Kier molecular flexibility index (Phi) is 6.25. The molecule has 1 radical (unpaired) electrons. The fourth-order valence-electron chi connectivity index (χ4n) is 3.24. The van der Waals surface area contributed by atoms with Gasteiger partial charge in [-0.1, -0.05) is 73.1 Å². The molecule has 0 amide bonds. The second-order valence-electron chi connectivity index (χ2n) is 9.36. The highest BCUT2D eigenvalue weighted by molar-refractivity contribution is 6.57. The van der Waals surface area contributed by atoms with Crippen LogP contribution in [0, 0.1) is 29.5 Å². The molecule has 26 heavy (non-hydrogen) atoms. The van der Waals surface area contributed by atoms with Gasteiger partial charge < -0.3 is 4.57 Å². The van der Waals surface area contributed by atoms with Crippen LogP contribution >= 0.6 is 0 Å². The van der Waals surface area contributed by atoms with E-state index in [0.29, 0.717) is 5.92 Å². The van der Waals surface area contributed by atoms with Gasteiger partial charge in [0.1, 0.15) is 11.6 Å². The fourth-order valence-corrected chi connectivity index (χ4v) is 3.24. The number of rotatable bonds is 7. The number of aryl methyl sites for hydroxylation is 1. The summed E-state index contributed by atoms with van der Waals surface area (Å²) in [5.41, 5.74) is 3.14. The summed E-state index contributed by atoms with van der Waals surface area (Å²) in [6, 6.07) is 3.24. The van der Waals surface area contributed by atoms with Crippen LogP contribution in [0.1, 0.15) is 67.1 Å². The second kappa shape index (κ2) is 7.74. The number of hydrogen-bond donors (Lipinski definition) is 0. The van der Waals surface area contributed by atoms with Crippen molar-refractivity contribution < 1.29 is 4.39 Å². The van der Waals surface area contributed by atoms with Gasteiger partial charge in [0.05, 0.1) is 11.0 Å². The summed E-state index contributed by atoms with van der Waals surface area (Å²) in [5.74, 6) is 1.39. The lowest BCUT2D eigenvalue weighted by Gasteiger charge is -2.39. The summed E-state index contributed by atoms with van der Waals surface area (Å²) in [6.07, 6.45) is 3.20. The van der Waals surface area contributed by atoms with Crippen molar-refractivity contribution >= 4 is 23.8 Å². The van der Waals surface area contributed by atoms with Crippen molar-refractivity contribution in [3.63, 3.8) is 0 Å². The monoisotopic (exact) mass is 357 g/mol. The summed E-state index contributed by atoms with van der Waals surface area (Å²) in [5, 5.41) is 0. The predicted octanol–water partition coefficient (Wildman–Crippen LogP) is 5.74. The molecule has 0 aliphatic rings. The van der Waals surface area contributed by atoms with Gasteiger partial charge >= 0.3 is 0 Å². The minimum atomic E-state index is -0.204. The van der Waals surface area contributed by atoms with E-state index in [4.69, 9.17) is 0 Å². The number of fused-ring (bicyclic) bond motifs is 1. The Bertz CT molecular complexity index is 752. The summed E-state index contributed by atoms with van der Waals surface area (Å²) < 4.78 is 16.5. The first kappa shape index (κ1) is 21.0. The Morgan fingerprint density at radius 3 is 2.27 bits per heavy atom. The molecule has 1 heterocycles. The quantitative estimate of drug-likeness (QED) is 0.578. The molecule has 0 unspecified atom stereocenters. The van der Waals surface area contributed by atoms with Gasteiger partial charge in [0.15, 0.2) is 7.28 Å². The highest BCUT2D eigenvalue weighted by Crippen LogP contribution is 2.41. The first-order valence-corrected chi connectivity index (χ1v) is 9.99. The lowest BCUT2D eigenvalue weighted by atomic mass is 9.53. The van der Waals surface area contributed by atoms with Crippen molar-refractivity contribution in [3.05, 3.63) is 23.8 Å². The van der Waals surface area contributed by atoms with E-state index in [2.05, 4.69) is 65.3 Å². The minimum absolute atomic E-state index is 0.126. The Morgan fingerprint density at radius 2 is 1.73 bits per heavy atom. The summed E-state index contributed by atoms with van der Waals surface area (Å²) in [6.45, 7) is 18.8. The van der Waals surface area contributed by atoms with Crippen molar-refractivity contribution in [1.29, 1.82) is 0 Å². The topological polar surface area (TPSA) is 17.8 Å². The van der Waals surface area contributed by atoms with E-state index in [1.165, 1.54) is 0 Å². The van der Waals surface area contributed by atoms with Crippen LogP contribution in [0.25, 0.3) is 11.0 Å². The number of nitrogens with zero attached hydrogens (tertiary/aromatic N) is 2. The molecule has 0 saturated carbocycles. The number of benzene rings is 1. The lowest BCUT2D eigenvalue weighted by Crippen LogP contribution is -2.33. The van der Waals surface area contributed by atoms with Crippen LogP contribution in [0.3, 0.4) is 0 Å². The van der Waals surface area contributed by atoms with E-state index in [0.717, 1.165) is 48.0 Å². The molecule has 1 aromatic heterocycles. The van der Waals surface area contributed by atoms with Crippen LogP contribution in [0.4, 0.5) is 4.39 Å². The first-order chi connectivity index (χ1) is 12.0. The molecule has 143 valence electrons. The second-order valence-corrected chi connectivity index (χ2v) is 9.36. The van der Waals surface area contributed by atoms with Crippen LogP contribution in [0.15, 0.2) is 12.1 Å². The molecule has 0 atom stereocenters.